The zero-order valence-corrected chi connectivity index (χ0v) is 14.0. The molecule has 2 atom stereocenters. The molecule has 0 spiro atoms. The van der Waals surface area contributed by atoms with Gasteiger partial charge in [-0.2, -0.15) is 0 Å². The summed E-state index contributed by atoms with van der Waals surface area (Å²) in [5, 5.41) is 3.37. The molecule has 0 aliphatic heterocycles. The summed E-state index contributed by atoms with van der Waals surface area (Å²) in [4.78, 5) is 0.308. The fraction of sp³-hybridized carbons (Fsp3) is 0.625. The van der Waals surface area contributed by atoms with Crippen molar-refractivity contribution >= 4 is 9.84 Å². The summed E-state index contributed by atoms with van der Waals surface area (Å²) in [7, 11) is -1.21. The van der Waals surface area contributed by atoms with Gasteiger partial charge < -0.3 is 10.1 Å². The Kier molecular flexibility index (Phi) is 4.63. The van der Waals surface area contributed by atoms with Gasteiger partial charge in [-0.15, -0.1) is 0 Å². The molecule has 1 fully saturated rings. The number of hydrogen-bond acceptors (Lipinski definition) is 4. The van der Waals surface area contributed by atoms with Crippen LogP contribution in [0.4, 0.5) is 0 Å². The molecule has 1 aliphatic rings. The van der Waals surface area contributed by atoms with E-state index in [-0.39, 0.29) is 11.5 Å². The van der Waals surface area contributed by atoms with Crippen LogP contribution in [0.3, 0.4) is 0 Å². The Hall–Kier alpha value is -1.07. The summed E-state index contributed by atoms with van der Waals surface area (Å²) in [6.45, 7) is 4.38. The third kappa shape index (κ3) is 2.94. The molecule has 5 heteroatoms. The van der Waals surface area contributed by atoms with E-state index in [4.69, 9.17) is 4.74 Å². The van der Waals surface area contributed by atoms with Crippen molar-refractivity contribution in [3.8, 4) is 5.75 Å². The molecule has 0 amide bonds. The highest BCUT2D eigenvalue weighted by atomic mass is 32.2. The lowest BCUT2D eigenvalue weighted by molar-refractivity contribution is -0.0836. The van der Waals surface area contributed by atoms with Crippen LogP contribution in [0.15, 0.2) is 29.2 Å². The third-order valence-corrected chi connectivity index (χ3v) is 6.07. The van der Waals surface area contributed by atoms with Crippen molar-refractivity contribution in [2.75, 3.05) is 13.3 Å². The van der Waals surface area contributed by atoms with E-state index < -0.39 is 9.84 Å². The molecule has 1 saturated carbocycles. The average molecular weight is 311 g/mol. The molecule has 2 unspecified atom stereocenters. The van der Waals surface area contributed by atoms with Crippen LogP contribution < -0.4 is 10.1 Å². The summed E-state index contributed by atoms with van der Waals surface area (Å²) < 4.78 is 29.4. The Morgan fingerprint density at radius 2 is 2.00 bits per heavy atom. The molecule has 118 valence electrons. The number of sulfone groups is 1. The second kappa shape index (κ2) is 5.97. The maximum atomic E-state index is 11.6. The second-order valence-electron chi connectivity index (χ2n) is 5.87. The number of hydrogen-bond donors (Lipinski definition) is 1. The number of ether oxygens (including phenoxy) is 1. The van der Waals surface area contributed by atoms with Crippen molar-refractivity contribution in [3.05, 3.63) is 24.3 Å². The lowest BCUT2D eigenvalue weighted by atomic mass is 9.58. The largest absolute Gasteiger partial charge is 0.490 e. The lowest BCUT2D eigenvalue weighted by Crippen LogP contribution is -2.63. The van der Waals surface area contributed by atoms with Gasteiger partial charge in [-0.1, -0.05) is 19.9 Å². The first kappa shape index (κ1) is 16.3. The number of nitrogens with one attached hydrogen (secondary N) is 1. The monoisotopic (exact) mass is 311 g/mol. The molecule has 1 aromatic carbocycles. The summed E-state index contributed by atoms with van der Waals surface area (Å²) in [6.07, 6.45) is 4.41. The molecule has 1 aliphatic carbocycles. The molecular weight excluding hydrogens is 286 g/mol. The average Bonchev–Trinajstić information content (AvgIpc) is 2.44. The minimum Gasteiger partial charge on any atom is -0.490 e. The van der Waals surface area contributed by atoms with E-state index >= 15 is 0 Å². The summed E-state index contributed by atoms with van der Waals surface area (Å²) >= 11 is 0. The van der Waals surface area contributed by atoms with E-state index in [1.54, 1.807) is 18.2 Å². The SMILES string of the molecule is CCC1(CC)C(NC)CC1Oc1cccc(S(C)(=O)=O)c1. The predicted octanol–water partition coefficient (Wildman–Crippen LogP) is 2.64. The van der Waals surface area contributed by atoms with Gasteiger partial charge in [0.1, 0.15) is 11.9 Å². The Morgan fingerprint density at radius 3 is 2.52 bits per heavy atom. The van der Waals surface area contributed by atoms with E-state index in [0.29, 0.717) is 16.7 Å². The fourth-order valence-electron chi connectivity index (χ4n) is 3.46. The van der Waals surface area contributed by atoms with Crippen molar-refractivity contribution in [3.63, 3.8) is 0 Å². The van der Waals surface area contributed by atoms with Crippen molar-refractivity contribution < 1.29 is 13.2 Å². The van der Waals surface area contributed by atoms with Crippen molar-refractivity contribution in [2.24, 2.45) is 5.41 Å². The third-order valence-electron chi connectivity index (χ3n) is 4.96. The zero-order valence-electron chi connectivity index (χ0n) is 13.2. The standard InChI is InChI=1S/C16H25NO3S/c1-5-16(6-2)14(17-3)11-15(16)20-12-8-7-9-13(10-12)21(4,18)19/h7-10,14-15,17H,5-6,11H2,1-4H3. The molecular formula is C16H25NO3S. The van der Waals surface area contributed by atoms with Crippen LogP contribution in [0, 0.1) is 5.41 Å². The lowest BCUT2D eigenvalue weighted by Gasteiger charge is -2.55. The molecule has 0 aromatic heterocycles. The van der Waals surface area contributed by atoms with Crippen molar-refractivity contribution in [2.45, 2.75) is 50.2 Å². The Balaban J connectivity index is 2.19. The maximum absolute atomic E-state index is 11.6. The molecule has 0 radical (unpaired) electrons. The Morgan fingerprint density at radius 1 is 1.33 bits per heavy atom. The van der Waals surface area contributed by atoms with Gasteiger partial charge in [0.25, 0.3) is 0 Å². The topological polar surface area (TPSA) is 55.4 Å². The minimum absolute atomic E-state index is 0.135. The molecule has 1 aromatic rings. The maximum Gasteiger partial charge on any atom is 0.175 e. The van der Waals surface area contributed by atoms with Gasteiger partial charge in [0.05, 0.1) is 4.90 Å². The van der Waals surface area contributed by atoms with Crippen LogP contribution in [-0.2, 0) is 9.84 Å². The van der Waals surface area contributed by atoms with Gasteiger partial charge in [-0.3, -0.25) is 0 Å². The molecule has 0 bridgehead atoms. The van der Waals surface area contributed by atoms with Gasteiger partial charge in [-0.05, 0) is 38.1 Å². The van der Waals surface area contributed by atoms with Gasteiger partial charge in [0, 0.05) is 24.1 Å². The van der Waals surface area contributed by atoms with Gasteiger partial charge in [0.15, 0.2) is 9.84 Å². The van der Waals surface area contributed by atoms with Gasteiger partial charge in [0.2, 0.25) is 0 Å². The Labute approximate surface area is 127 Å². The minimum atomic E-state index is -3.20. The second-order valence-corrected chi connectivity index (χ2v) is 7.89. The summed E-state index contributed by atoms with van der Waals surface area (Å²) in [6, 6.07) is 7.26. The first-order valence-corrected chi connectivity index (χ1v) is 9.40. The van der Waals surface area contributed by atoms with Crippen LogP contribution in [0.25, 0.3) is 0 Å². The quantitative estimate of drug-likeness (QED) is 0.877. The zero-order chi connectivity index (χ0) is 15.7. The van der Waals surface area contributed by atoms with Crippen LogP contribution in [0.2, 0.25) is 0 Å². The molecule has 0 saturated heterocycles. The molecule has 1 N–H and O–H groups in total. The molecule has 2 rings (SSSR count). The van der Waals surface area contributed by atoms with Crippen LogP contribution in [-0.4, -0.2) is 33.9 Å². The highest BCUT2D eigenvalue weighted by Gasteiger charge is 2.53. The van der Waals surface area contributed by atoms with E-state index in [1.165, 1.54) is 6.26 Å². The number of rotatable bonds is 6. The Bertz CT molecular complexity index is 593. The summed E-state index contributed by atoms with van der Waals surface area (Å²) in [5.74, 6) is 0.642. The normalized spacial score (nSPS) is 24.4. The van der Waals surface area contributed by atoms with Crippen molar-refractivity contribution in [1.82, 2.24) is 5.32 Å². The van der Waals surface area contributed by atoms with E-state index in [2.05, 4.69) is 19.2 Å². The van der Waals surface area contributed by atoms with Crippen LogP contribution in [0.5, 0.6) is 5.75 Å². The highest BCUT2D eigenvalue weighted by molar-refractivity contribution is 7.90. The first-order chi connectivity index (χ1) is 9.87. The smallest absolute Gasteiger partial charge is 0.175 e. The van der Waals surface area contributed by atoms with E-state index in [1.807, 2.05) is 13.1 Å². The molecule has 4 nitrogen and oxygen atoms in total. The number of benzene rings is 1. The first-order valence-electron chi connectivity index (χ1n) is 7.51. The fourth-order valence-corrected chi connectivity index (χ4v) is 4.11. The van der Waals surface area contributed by atoms with Gasteiger partial charge in [-0.25, -0.2) is 8.42 Å². The molecule has 0 heterocycles. The van der Waals surface area contributed by atoms with Crippen molar-refractivity contribution in [1.29, 1.82) is 0 Å². The highest BCUT2D eigenvalue weighted by Crippen LogP contribution is 2.48. The van der Waals surface area contributed by atoms with E-state index in [9.17, 15) is 8.42 Å². The van der Waals surface area contributed by atoms with Crippen LogP contribution in [0.1, 0.15) is 33.1 Å². The van der Waals surface area contributed by atoms with E-state index in [0.717, 1.165) is 19.3 Å². The van der Waals surface area contributed by atoms with Crippen LogP contribution >= 0.6 is 0 Å². The molecule has 21 heavy (non-hydrogen) atoms. The van der Waals surface area contributed by atoms with Gasteiger partial charge >= 0.3 is 0 Å². The summed E-state index contributed by atoms with van der Waals surface area (Å²) in [5.41, 5.74) is 0.135. The predicted molar refractivity (Wildman–Crippen MR) is 84.4 cm³/mol.